The molecule has 2 aromatic rings. The van der Waals surface area contributed by atoms with E-state index in [9.17, 15) is 4.79 Å². The highest BCUT2D eigenvalue weighted by atomic mass is 35.5. The minimum absolute atomic E-state index is 0.181. The first-order valence-electron chi connectivity index (χ1n) is 6.69. The van der Waals surface area contributed by atoms with Gasteiger partial charge in [-0.05, 0) is 50.2 Å². The van der Waals surface area contributed by atoms with Crippen LogP contribution in [-0.4, -0.2) is 12.1 Å². The number of carbonyl (C=O) groups excluding carboxylic acids is 1. The first-order valence-corrected chi connectivity index (χ1v) is 7.45. The lowest BCUT2D eigenvalue weighted by molar-refractivity contribution is 0.0378. The molecule has 0 amide bonds. The number of benzene rings is 2. The molecule has 0 aliphatic carbocycles. The van der Waals surface area contributed by atoms with Gasteiger partial charge in [0.15, 0.2) is 0 Å². The Morgan fingerprint density at radius 2 is 1.82 bits per heavy atom. The third kappa shape index (κ3) is 4.06. The standard InChI is InChI=1S/C16H16Cl2N2O2/c1-9(2)22-16(21)10-3-5-15(13(19)7-10)20-14-6-4-11(17)8-12(14)18/h3-9,20H,19H2,1-2H3. The minimum atomic E-state index is -0.405. The second-order valence-corrected chi connectivity index (χ2v) is 5.85. The molecule has 0 saturated carbocycles. The highest BCUT2D eigenvalue weighted by Crippen LogP contribution is 2.31. The molecule has 0 bridgehead atoms. The molecule has 0 atom stereocenters. The van der Waals surface area contributed by atoms with Crippen LogP contribution in [0.1, 0.15) is 24.2 Å². The summed E-state index contributed by atoms with van der Waals surface area (Å²) in [5.74, 6) is -0.405. The zero-order chi connectivity index (χ0) is 16.3. The van der Waals surface area contributed by atoms with Gasteiger partial charge in [-0.15, -0.1) is 0 Å². The summed E-state index contributed by atoms with van der Waals surface area (Å²) in [5, 5.41) is 4.14. The maximum Gasteiger partial charge on any atom is 0.338 e. The van der Waals surface area contributed by atoms with E-state index in [4.69, 9.17) is 33.7 Å². The molecule has 2 rings (SSSR count). The lowest BCUT2D eigenvalue weighted by atomic mass is 10.1. The van der Waals surface area contributed by atoms with Gasteiger partial charge in [0.2, 0.25) is 0 Å². The number of carbonyl (C=O) groups is 1. The topological polar surface area (TPSA) is 64.3 Å². The SMILES string of the molecule is CC(C)OC(=O)c1ccc(Nc2ccc(Cl)cc2Cl)c(N)c1. The number of ether oxygens (including phenoxy) is 1. The number of hydrogen-bond acceptors (Lipinski definition) is 4. The molecule has 0 aromatic heterocycles. The quantitative estimate of drug-likeness (QED) is 0.615. The summed E-state index contributed by atoms with van der Waals surface area (Å²) < 4.78 is 5.13. The van der Waals surface area contributed by atoms with E-state index in [-0.39, 0.29) is 6.10 Å². The third-order valence-corrected chi connectivity index (χ3v) is 3.38. The monoisotopic (exact) mass is 338 g/mol. The number of esters is 1. The summed E-state index contributed by atoms with van der Waals surface area (Å²) in [6, 6.07) is 10.0. The molecule has 0 heterocycles. The van der Waals surface area contributed by atoms with Crippen molar-refractivity contribution >= 4 is 46.2 Å². The Morgan fingerprint density at radius 1 is 1.14 bits per heavy atom. The van der Waals surface area contributed by atoms with Crippen LogP contribution in [0.5, 0.6) is 0 Å². The molecule has 2 aromatic carbocycles. The van der Waals surface area contributed by atoms with Crippen molar-refractivity contribution in [3.05, 3.63) is 52.0 Å². The van der Waals surface area contributed by atoms with E-state index in [1.54, 1.807) is 50.2 Å². The van der Waals surface area contributed by atoms with Gasteiger partial charge in [0.05, 0.1) is 33.8 Å². The summed E-state index contributed by atoms with van der Waals surface area (Å²) in [4.78, 5) is 11.8. The minimum Gasteiger partial charge on any atom is -0.459 e. The van der Waals surface area contributed by atoms with Crippen LogP contribution < -0.4 is 11.1 Å². The summed E-state index contributed by atoms with van der Waals surface area (Å²) in [5.41, 5.74) is 8.12. The van der Waals surface area contributed by atoms with Crippen LogP contribution in [0.4, 0.5) is 17.1 Å². The van der Waals surface area contributed by atoms with Crippen LogP contribution in [0, 0.1) is 0 Å². The van der Waals surface area contributed by atoms with Crippen LogP contribution in [0.15, 0.2) is 36.4 Å². The predicted molar refractivity (Wildman–Crippen MR) is 91.2 cm³/mol. The van der Waals surface area contributed by atoms with Gasteiger partial charge in [-0.25, -0.2) is 4.79 Å². The molecule has 3 N–H and O–H groups in total. The number of anilines is 3. The van der Waals surface area contributed by atoms with E-state index < -0.39 is 5.97 Å². The zero-order valence-corrected chi connectivity index (χ0v) is 13.7. The Balaban J connectivity index is 2.21. The Hall–Kier alpha value is -1.91. The molecule has 0 aliphatic heterocycles. The summed E-state index contributed by atoms with van der Waals surface area (Å²) >= 11 is 12.0. The molecule has 6 heteroatoms. The van der Waals surface area contributed by atoms with Gasteiger partial charge in [0, 0.05) is 5.02 Å². The summed E-state index contributed by atoms with van der Waals surface area (Å²) in [6.07, 6.45) is -0.181. The number of nitrogen functional groups attached to an aromatic ring is 1. The lowest BCUT2D eigenvalue weighted by Crippen LogP contribution is -2.12. The number of hydrogen-bond donors (Lipinski definition) is 2. The van der Waals surface area contributed by atoms with Gasteiger partial charge >= 0.3 is 5.97 Å². The highest BCUT2D eigenvalue weighted by molar-refractivity contribution is 6.36. The number of nitrogens with one attached hydrogen (secondary N) is 1. The van der Waals surface area contributed by atoms with E-state index in [1.807, 2.05) is 0 Å². The van der Waals surface area contributed by atoms with Crippen molar-refractivity contribution in [2.45, 2.75) is 20.0 Å². The molecule has 0 aliphatic rings. The first-order chi connectivity index (χ1) is 10.4. The molecular formula is C16H16Cl2N2O2. The molecule has 0 spiro atoms. The Bertz CT molecular complexity index is 703. The van der Waals surface area contributed by atoms with Gasteiger partial charge in [-0.2, -0.15) is 0 Å². The maximum absolute atomic E-state index is 11.8. The fourth-order valence-corrected chi connectivity index (χ4v) is 2.28. The molecule has 0 radical (unpaired) electrons. The Kier molecular flexibility index (Phi) is 5.16. The van der Waals surface area contributed by atoms with E-state index in [0.29, 0.717) is 32.7 Å². The molecular weight excluding hydrogens is 323 g/mol. The Morgan fingerprint density at radius 3 is 2.41 bits per heavy atom. The van der Waals surface area contributed by atoms with Crippen LogP contribution in [0.2, 0.25) is 10.0 Å². The van der Waals surface area contributed by atoms with Crippen molar-refractivity contribution in [3.63, 3.8) is 0 Å². The zero-order valence-electron chi connectivity index (χ0n) is 12.2. The number of nitrogens with two attached hydrogens (primary N) is 1. The second-order valence-electron chi connectivity index (χ2n) is 5.01. The van der Waals surface area contributed by atoms with Crippen LogP contribution >= 0.6 is 23.2 Å². The number of halogens is 2. The van der Waals surface area contributed by atoms with Crippen LogP contribution in [0.3, 0.4) is 0 Å². The van der Waals surface area contributed by atoms with Gasteiger partial charge in [-0.1, -0.05) is 23.2 Å². The maximum atomic E-state index is 11.8. The van der Waals surface area contributed by atoms with E-state index in [0.717, 1.165) is 0 Å². The second kappa shape index (κ2) is 6.90. The molecule has 0 saturated heterocycles. The van der Waals surface area contributed by atoms with Crippen molar-refractivity contribution in [1.29, 1.82) is 0 Å². The van der Waals surface area contributed by atoms with Crippen molar-refractivity contribution in [2.24, 2.45) is 0 Å². The fraction of sp³-hybridized carbons (Fsp3) is 0.188. The summed E-state index contributed by atoms with van der Waals surface area (Å²) in [6.45, 7) is 3.58. The average Bonchev–Trinajstić information content (AvgIpc) is 2.42. The van der Waals surface area contributed by atoms with E-state index in [1.165, 1.54) is 0 Å². The highest BCUT2D eigenvalue weighted by Gasteiger charge is 2.12. The normalized spacial score (nSPS) is 10.6. The van der Waals surface area contributed by atoms with E-state index in [2.05, 4.69) is 5.32 Å². The van der Waals surface area contributed by atoms with Gasteiger partial charge < -0.3 is 15.8 Å². The average molecular weight is 339 g/mol. The summed E-state index contributed by atoms with van der Waals surface area (Å²) in [7, 11) is 0. The van der Waals surface area contributed by atoms with Gasteiger partial charge in [0.25, 0.3) is 0 Å². The molecule has 22 heavy (non-hydrogen) atoms. The smallest absolute Gasteiger partial charge is 0.338 e. The van der Waals surface area contributed by atoms with Gasteiger partial charge in [0.1, 0.15) is 0 Å². The molecule has 0 unspecified atom stereocenters. The van der Waals surface area contributed by atoms with E-state index >= 15 is 0 Å². The largest absolute Gasteiger partial charge is 0.459 e. The Labute approximate surface area is 139 Å². The molecule has 0 fully saturated rings. The molecule has 116 valence electrons. The van der Waals surface area contributed by atoms with Crippen molar-refractivity contribution in [2.75, 3.05) is 11.1 Å². The van der Waals surface area contributed by atoms with Crippen molar-refractivity contribution in [3.8, 4) is 0 Å². The van der Waals surface area contributed by atoms with Crippen LogP contribution in [0.25, 0.3) is 0 Å². The van der Waals surface area contributed by atoms with Gasteiger partial charge in [-0.3, -0.25) is 0 Å². The lowest BCUT2D eigenvalue weighted by Gasteiger charge is -2.13. The van der Waals surface area contributed by atoms with Crippen molar-refractivity contribution < 1.29 is 9.53 Å². The third-order valence-electron chi connectivity index (χ3n) is 2.83. The van der Waals surface area contributed by atoms with Crippen LogP contribution in [-0.2, 0) is 4.74 Å². The van der Waals surface area contributed by atoms with Crippen molar-refractivity contribution in [1.82, 2.24) is 0 Å². The first kappa shape index (κ1) is 16.5. The fourth-order valence-electron chi connectivity index (χ4n) is 1.82. The predicted octanol–water partition coefficient (Wildman–Crippen LogP) is 4.88. The number of rotatable bonds is 4. The molecule has 4 nitrogen and oxygen atoms in total.